The molecule has 0 fully saturated rings. The molecule has 102 valence electrons. The molecule has 0 N–H and O–H groups in total. The summed E-state index contributed by atoms with van der Waals surface area (Å²) in [6.45, 7) is 1.93. The van der Waals surface area contributed by atoms with E-state index in [1.54, 1.807) is 4.52 Å². The highest BCUT2D eigenvalue weighted by Crippen LogP contribution is 2.27. The molecule has 4 rings (SSSR count). The second-order valence-electron chi connectivity index (χ2n) is 5.24. The molecule has 0 bridgehead atoms. The molecule has 2 aromatic heterocycles. The van der Waals surface area contributed by atoms with Gasteiger partial charge in [-0.1, -0.05) is 30.3 Å². The van der Waals surface area contributed by atoms with Crippen LogP contribution in [0.25, 0.3) is 17.3 Å². The van der Waals surface area contributed by atoms with Crippen LogP contribution < -0.4 is 0 Å². The number of hydrogen-bond donors (Lipinski definition) is 0. The number of carbonyl (C=O) groups excluding carboxylic acids is 1. The van der Waals surface area contributed by atoms with Crippen molar-refractivity contribution in [2.24, 2.45) is 0 Å². The number of aryl methyl sites for hydroxylation is 1. The van der Waals surface area contributed by atoms with Crippen molar-refractivity contribution < 1.29 is 4.79 Å². The van der Waals surface area contributed by atoms with Gasteiger partial charge >= 0.3 is 0 Å². The highest BCUT2D eigenvalue weighted by atomic mass is 16.1. The molecule has 21 heavy (non-hydrogen) atoms. The van der Waals surface area contributed by atoms with E-state index in [-0.39, 0.29) is 5.78 Å². The first-order valence-corrected chi connectivity index (χ1v) is 6.87. The number of allylic oxidation sites excluding steroid dienone is 1. The lowest BCUT2D eigenvalue weighted by Crippen LogP contribution is -2.16. The van der Waals surface area contributed by atoms with Crippen LogP contribution in [0.5, 0.6) is 0 Å². The van der Waals surface area contributed by atoms with Crippen molar-refractivity contribution in [3.8, 4) is 0 Å². The summed E-state index contributed by atoms with van der Waals surface area (Å²) in [4.78, 5) is 16.9. The van der Waals surface area contributed by atoms with Crippen molar-refractivity contribution in [2.75, 3.05) is 0 Å². The SMILES string of the molecule is Cc1cc2ncc3c(n2n1)CC(=O)C(c1ccccc1)=C3. The third-order valence-corrected chi connectivity index (χ3v) is 3.75. The minimum atomic E-state index is 0.120. The van der Waals surface area contributed by atoms with Crippen LogP contribution in [0.15, 0.2) is 42.6 Å². The zero-order chi connectivity index (χ0) is 14.4. The van der Waals surface area contributed by atoms with Gasteiger partial charge in [-0.15, -0.1) is 0 Å². The van der Waals surface area contributed by atoms with Crippen LogP contribution in [0.1, 0.15) is 22.5 Å². The van der Waals surface area contributed by atoms with Crippen LogP contribution in [-0.4, -0.2) is 20.4 Å². The van der Waals surface area contributed by atoms with E-state index in [0.717, 1.165) is 33.7 Å². The van der Waals surface area contributed by atoms with Gasteiger partial charge in [-0.3, -0.25) is 4.79 Å². The van der Waals surface area contributed by atoms with Gasteiger partial charge in [0, 0.05) is 23.4 Å². The van der Waals surface area contributed by atoms with E-state index in [2.05, 4.69) is 10.1 Å². The van der Waals surface area contributed by atoms with Crippen molar-refractivity contribution in [1.82, 2.24) is 14.6 Å². The van der Waals surface area contributed by atoms with Crippen LogP contribution in [0.4, 0.5) is 0 Å². The Kier molecular flexibility index (Phi) is 2.51. The summed E-state index contributed by atoms with van der Waals surface area (Å²) in [5, 5.41) is 4.43. The van der Waals surface area contributed by atoms with Gasteiger partial charge < -0.3 is 0 Å². The van der Waals surface area contributed by atoms with Crippen molar-refractivity contribution in [3.63, 3.8) is 0 Å². The molecule has 1 aliphatic carbocycles. The lowest BCUT2D eigenvalue weighted by atomic mass is 9.91. The van der Waals surface area contributed by atoms with E-state index in [9.17, 15) is 4.79 Å². The molecule has 0 atom stereocenters. The summed E-state index contributed by atoms with van der Waals surface area (Å²) in [5.74, 6) is 0.120. The highest BCUT2D eigenvalue weighted by Gasteiger charge is 2.22. The molecule has 1 aromatic carbocycles. The fourth-order valence-electron chi connectivity index (χ4n) is 2.75. The molecule has 4 heteroatoms. The zero-order valence-electron chi connectivity index (χ0n) is 11.6. The number of rotatable bonds is 1. The summed E-state index contributed by atoms with van der Waals surface area (Å²) < 4.78 is 1.78. The molecule has 0 spiro atoms. The Labute approximate surface area is 121 Å². The quantitative estimate of drug-likeness (QED) is 0.686. The minimum Gasteiger partial charge on any atom is -0.294 e. The molecule has 0 aliphatic heterocycles. The van der Waals surface area contributed by atoms with Gasteiger partial charge in [0.15, 0.2) is 11.4 Å². The summed E-state index contributed by atoms with van der Waals surface area (Å²) in [5.41, 5.74) is 5.26. The van der Waals surface area contributed by atoms with E-state index < -0.39 is 0 Å². The van der Waals surface area contributed by atoms with E-state index in [4.69, 9.17) is 0 Å². The molecular formula is C17H13N3O. The Balaban J connectivity index is 1.93. The normalized spacial score (nSPS) is 14.1. The minimum absolute atomic E-state index is 0.120. The van der Waals surface area contributed by atoms with Gasteiger partial charge in [0.1, 0.15) is 0 Å². The second kappa shape index (κ2) is 4.38. The lowest BCUT2D eigenvalue weighted by Gasteiger charge is -2.16. The number of ketones is 1. The molecule has 3 aromatic rings. The lowest BCUT2D eigenvalue weighted by molar-refractivity contribution is -0.113. The molecule has 0 saturated heterocycles. The molecule has 4 nitrogen and oxygen atoms in total. The van der Waals surface area contributed by atoms with E-state index in [0.29, 0.717) is 6.42 Å². The molecule has 2 heterocycles. The number of benzene rings is 1. The van der Waals surface area contributed by atoms with Gasteiger partial charge in [-0.25, -0.2) is 9.50 Å². The molecule has 0 radical (unpaired) electrons. The summed E-state index contributed by atoms with van der Waals surface area (Å²) in [6, 6.07) is 11.7. The standard InChI is InChI=1S/C17H13N3O/c1-11-7-17-18-10-13-8-14(12-5-3-2-4-6-12)16(21)9-15(13)20(17)19-11/h2-8,10H,9H2,1H3. The van der Waals surface area contributed by atoms with Gasteiger partial charge in [0.2, 0.25) is 0 Å². The zero-order valence-corrected chi connectivity index (χ0v) is 11.6. The number of carbonyl (C=O) groups is 1. The Morgan fingerprint density at radius 1 is 1.19 bits per heavy atom. The fourth-order valence-corrected chi connectivity index (χ4v) is 2.75. The summed E-state index contributed by atoms with van der Waals surface area (Å²) >= 11 is 0. The van der Waals surface area contributed by atoms with Gasteiger partial charge in [-0.2, -0.15) is 5.10 Å². The van der Waals surface area contributed by atoms with Gasteiger partial charge in [0.25, 0.3) is 0 Å². The average Bonchev–Trinajstić information content (AvgIpc) is 2.88. The largest absolute Gasteiger partial charge is 0.294 e. The number of aromatic nitrogens is 3. The van der Waals surface area contributed by atoms with E-state index in [1.807, 2.05) is 55.6 Å². The van der Waals surface area contributed by atoms with Crippen LogP contribution in [0, 0.1) is 6.92 Å². The monoisotopic (exact) mass is 275 g/mol. The van der Waals surface area contributed by atoms with Crippen LogP contribution in [0.3, 0.4) is 0 Å². The van der Waals surface area contributed by atoms with Crippen molar-refractivity contribution >= 4 is 23.1 Å². The van der Waals surface area contributed by atoms with Gasteiger partial charge in [0.05, 0.1) is 17.8 Å². The number of hydrogen-bond acceptors (Lipinski definition) is 3. The van der Waals surface area contributed by atoms with Crippen molar-refractivity contribution in [2.45, 2.75) is 13.3 Å². The summed E-state index contributed by atoms with van der Waals surface area (Å²) in [7, 11) is 0. The Morgan fingerprint density at radius 2 is 2.00 bits per heavy atom. The highest BCUT2D eigenvalue weighted by molar-refractivity contribution is 6.27. The maximum absolute atomic E-state index is 12.5. The Hall–Kier alpha value is -2.75. The van der Waals surface area contributed by atoms with E-state index in [1.165, 1.54) is 0 Å². The predicted molar refractivity (Wildman–Crippen MR) is 80.7 cm³/mol. The van der Waals surface area contributed by atoms with Crippen LogP contribution >= 0.6 is 0 Å². The molecule has 1 aliphatic rings. The number of nitrogens with zero attached hydrogens (tertiary/aromatic N) is 3. The molecule has 0 unspecified atom stereocenters. The first-order chi connectivity index (χ1) is 10.2. The third-order valence-electron chi connectivity index (χ3n) is 3.75. The molecule has 0 saturated carbocycles. The number of fused-ring (bicyclic) bond motifs is 3. The van der Waals surface area contributed by atoms with Gasteiger partial charge in [-0.05, 0) is 18.6 Å². The first-order valence-electron chi connectivity index (χ1n) is 6.87. The van der Waals surface area contributed by atoms with Crippen molar-refractivity contribution in [1.29, 1.82) is 0 Å². The third kappa shape index (κ3) is 1.88. The maximum Gasteiger partial charge on any atom is 0.169 e. The molecular weight excluding hydrogens is 262 g/mol. The average molecular weight is 275 g/mol. The fraction of sp³-hybridized carbons (Fsp3) is 0.118. The van der Waals surface area contributed by atoms with Crippen LogP contribution in [0.2, 0.25) is 0 Å². The van der Waals surface area contributed by atoms with E-state index >= 15 is 0 Å². The summed E-state index contributed by atoms with van der Waals surface area (Å²) in [6.07, 6.45) is 4.09. The second-order valence-corrected chi connectivity index (χ2v) is 5.24. The van der Waals surface area contributed by atoms with Crippen molar-refractivity contribution in [3.05, 3.63) is 65.1 Å². The van der Waals surface area contributed by atoms with Crippen LogP contribution in [-0.2, 0) is 11.2 Å². The Morgan fingerprint density at radius 3 is 2.81 bits per heavy atom. The predicted octanol–water partition coefficient (Wildman–Crippen LogP) is 2.70. The molecule has 0 amide bonds. The first kappa shape index (κ1) is 12.0. The smallest absolute Gasteiger partial charge is 0.169 e. The Bertz CT molecular complexity index is 891. The maximum atomic E-state index is 12.5. The topological polar surface area (TPSA) is 47.3 Å². The number of Topliss-reactive ketones (excluding diaryl/α,β-unsaturated/α-hetero) is 1.